The van der Waals surface area contributed by atoms with Gasteiger partial charge in [0.1, 0.15) is 5.82 Å². The maximum atomic E-state index is 13.2. The summed E-state index contributed by atoms with van der Waals surface area (Å²) < 4.78 is 39.1. The maximum Gasteiger partial charge on any atom is 0.215 e. The van der Waals surface area contributed by atoms with Crippen molar-refractivity contribution in [3.8, 4) is 0 Å². The summed E-state index contributed by atoms with van der Waals surface area (Å²) in [4.78, 5) is 9.24. The summed E-state index contributed by atoms with van der Waals surface area (Å²) in [5, 5.41) is 3.35. The van der Waals surface area contributed by atoms with Crippen molar-refractivity contribution in [1.82, 2.24) is 14.9 Å². The number of piperazine rings is 1. The molecule has 2 aromatic rings. The number of rotatable bonds is 7. The van der Waals surface area contributed by atoms with Gasteiger partial charge < -0.3 is 15.1 Å². The topological polar surface area (TPSA) is 77.0 Å². The molecule has 0 amide bonds. The number of aliphatic imine (C=N–C) groups is 1. The Morgan fingerprint density at radius 1 is 1.06 bits per heavy atom. The van der Waals surface area contributed by atoms with Gasteiger partial charge in [0.05, 0.1) is 12.3 Å². The number of nitrogens with zero attached hydrogens (tertiary/aromatic N) is 3. The van der Waals surface area contributed by atoms with Crippen molar-refractivity contribution in [2.75, 3.05) is 44.7 Å². The van der Waals surface area contributed by atoms with E-state index in [9.17, 15) is 12.8 Å². The zero-order valence-electron chi connectivity index (χ0n) is 18.0. The van der Waals surface area contributed by atoms with E-state index in [0.29, 0.717) is 6.54 Å². The molecule has 1 fully saturated rings. The van der Waals surface area contributed by atoms with Gasteiger partial charge in [-0.2, -0.15) is 0 Å². The highest BCUT2D eigenvalue weighted by Gasteiger charge is 2.20. The summed E-state index contributed by atoms with van der Waals surface area (Å²) in [7, 11) is -1.89. The molecule has 0 atom stereocenters. The molecule has 0 aromatic heterocycles. The highest BCUT2D eigenvalue weighted by atomic mass is 32.2. The maximum absolute atomic E-state index is 13.2. The first-order valence-corrected chi connectivity index (χ1v) is 12.1. The second kappa shape index (κ2) is 10.6. The number of guanidine groups is 1. The Bertz CT molecular complexity index is 987. The van der Waals surface area contributed by atoms with Crippen molar-refractivity contribution < 1.29 is 12.8 Å². The van der Waals surface area contributed by atoms with Crippen molar-refractivity contribution in [3.05, 3.63) is 65.5 Å². The van der Waals surface area contributed by atoms with E-state index >= 15 is 0 Å². The normalized spacial score (nSPS) is 15.3. The van der Waals surface area contributed by atoms with Crippen molar-refractivity contribution in [2.45, 2.75) is 19.2 Å². The number of benzene rings is 2. The van der Waals surface area contributed by atoms with Crippen LogP contribution in [0.2, 0.25) is 0 Å². The molecule has 0 bridgehead atoms. The predicted octanol–water partition coefficient (Wildman–Crippen LogP) is 2.16. The third kappa shape index (κ3) is 6.67. The van der Waals surface area contributed by atoms with Crippen LogP contribution in [0.3, 0.4) is 0 Å². The zero-order chi connectivity index (χ0) is 22.3. The van der Waals surface area contributed by atoms with E-state index in [1.54, 1.807) is 0 Å². The lowest BCUT2D eigenvalue weighted by molar-refractivity contribution is 0.372. The zero-order valence-corrected chi connectivity index (χ0v) is 18.8. The van der Waals surface area contributed by atoms with Crippen LogP contribution in [0.4, 0.5) is 10.1 Å². The SMILES string of the molecule is CCNC(=NCc1cccc(CS(=O)(=O)NC)c1)N1CCN(c2ccc(F)cc2)CC1. The van der Waals surface area contributed by atoms with Gasteiger partial charge in [-0.25, -0.2) is 22.5 Å². The molecule has 0 saturated carbocycles. The van der Waals surface area contributed by atoms with Crippen molar-refractivity contribution >= 4 is 21.7 Å². The van der Waals surface area contributed by atoms with Gasteiger partial charge in [-0.15, -0.1) is 0 Å². The molecular formula is C22H30FN5O2S. The molecule has 0 unspecified atom stereocenters. The monoisotopic (exact) mass is 447 g/mol. The quantitative estimate of drug-likeness (QED) is 0.503. The Morgan fingerprint density at radius 3 is 2.39 bits per heavy atom. The Hall–Kier alpha value is -2.65. The molecule has 0 aliphatic carbocycles. The molecule has 3 rings (SSSR count). The molecule has 0 radical (unpaired) electrons. The van der Waals surface area contributed by atoms with E-state index in [4.69, 9.17) is 4.99 Å². The van der Waals surface area contributed by atoms with E-state index in [0.717, 1.165) is 55.5 Å². The number of hydrogen-bond donors (Lipinski definition) is 2. The van der Waals surface area contributed by atoms with Crippen molar-refractivity contribution in [1.29, 1.82) is 0 Å². The first kappa shape index (κ1) is 23.0. The fourth-order valence-electron chi connectivity index (χ4n) is 3.53. The van der Waals surface area contributed by atoms with E-state index in [-0.39, 0.29) is 11.6 Å². The molecule has 2 N–H and O–H groups in total. The fourth-order valence-corrected chi connectivity index (χ4v) is 4.29. The summed E-state index contributed by atoms with van der Waals surface area (Å²) >= 11 is 0. The molecule has 1 heterocycles. The van der Waals surface area contributed by atoms with E-state index in [2.05, 4.69) is 19.8 Å². The highest BCUT2D eigenvalue weighted by molar-refractivity contribution is 7.88. The summed E-state index contributed by atoms with van der Waals surface area (Å²) in [5.74, 6) is 0.568. The van der Waals surface area contributed by atoms with Crippen LogP contribution >= 0.6 is 0 Å². The minimum atomic E-state index is -3.31. The van der Waals surface area contributed by atoms with Gasteiger partial charge in [0, 0.05) is 38.4 Å². The van der Waals surface area contributed by atoms with Gasteiger partial charge in [-0.3, -0.25) is 0 Å². The Kier molecular flexibility index (Phi) is 7.86. The molecule has 168 valence electrons. The van der Waals surface area contributed by atoms with Crippen LogP contribution in [0, 0.1) is 5.82 Å². The Morgan fingerprint density at radius 2 is 1.74 bits per heavy atom. The molecule has 7 nitrogen and oxygen atoms in total. The second-order valence-corrected chi connectivity index (χ2v) is 9.33. The Labute approximate surface area is 184 Å². The fraction of sp³-hybridized carbons (Fsp3) is 0.409. The lowest BCUT2D eigenvalue weighted by atomic mass is 10.1. The molecule has 1 aliphatic rings. The van der Waals surface area contributed by atoms with Gasteiger partial charge in [0.2, 0.25) is 10.0 Å². The number of nitrogens with one attached hydrogen (secondary N) is 2. The summed E-state index contributed by atoms with van der Waals surface area (Å²) in [5.41, 5.74) is 2.72. The molecule has 1 aliphatic heterocycles. The second-order valence-electron chi connectivity index (χ2n) is 7.40. The van der Waals surface area contributed by atoms with Crippen molar-refractivity contribution in [3.63, 3.8) is 0 Å². The van der Waals surface area contributed by atoms with Crippen molar-refractivity contribution in [2.24, 2.45) is 4.99 Å². The van der Waals surface area contributed by atoms with Crippen LogP contribution in [-0.4, -0.2) is 59.0 Å². The van der Waals surface area contributed by atoms with Gasteiger partial charge in [0.25, 0.3) is 0 Å². The minimum Gasteiger partial charge on any atom is -0.368 e. The van der Waals surface area contributed by atoms with Gasteiger partial charge in [0.15, 0.2) is 5.96 Å². The third-order valence-electron chi connectivity index (χ3n) is 5.18. The molecule has 1 saturated heterocycles. The number of halogens is 1. The number of hydrogen-bond acceptors (Lipinski definition) is 4. The molecular weight excluding hydrogens is 417 g/mol. The average Bonchev–Trinajstić information content (AvgIpc) is 2.77. The van der Waals surface area contributed by atoms with Gasteiger partial charge in [-0.05, 0) is 49.4 Å². The van der Waals surface area contributed by atoms with E-state index in [1.165, 1.54) is 19.2 Å². The number of anilines is 1. The predicted molar refractivity (Wildman–Crippen MR) is 123 cm³/mol. The lowest BCUT2D eigenvalue weighted by Gasteiger charge is -2.37. The third-order valence-corrected chi connectivity index (χ3v) is 6.51. The lowest BCUT2D eigenvalue weighted by Crippen LogP contribution is -2.52. The standard InChI is InChI=1S/C22H30FN5O2S/c1-3-25-22(26-16-18-5-4-6-19(15-18)17-31(29,30)24-2)28-13-11-27(12-14-28)21-9-7-20(23)8-10-21/h4-10,15,24H,3,11-14,16-17H2,1-2H3,(H,25,26). The molecule has 2 aromatic carbocycles. The molecule has 0 spiro atoms. The first-order valence-electron chi connectivity index (χ1n) is 10.4. The summed E-state index contributed by atoms with van der Waals surface area (Å²) in [6.45, 7) is 6.53. The summed E-state index contributed by atoms with van der Waals surface area (Å²) in [6.07, 6.45) is 0. The van der Waals surface area contributed by atoms with Crippen LogP contribution in [0.1, 0.15) is 18.1 Å². The van der Waals surface area contributed by atoms with Crippen LogP contribution < -0.4 is 14.9 Å². The van der Waals surface area contributed by atoms with Crippen LogP contribution in [-0.2, 0) is 22.3 Å². The van der Waals surface area contributed by atoms with Gasteiger partial charge >= 0.3 is 0 Å². The van der Waals surface area contributed by atoms with Crippen LogP contribution in [0.25, 0.3) is 0 Å². The average molecular weight is 448 g/mol. The van der Waals surface area contributed by atoms with Crippen LogP contribution in [0.5, 0.6) is 0 Å². The summed E-state index contributed by atoms with van der Waals surface area (Å²) in [6, 6.07) is 14.1. The first-order chi connectivity index (χ1) is 14.9. The molecule has 31 heavy (non-hydrogen) atoms. The number of sulfonamides is 1. The van der Waals surface area contributed by atoms with E-state index in [1.807, 2.05) is 43.3 Å². The Balaban J connectivity index is 1.64. The largest absolute Gasteiger partial charge is 0.368 e. The van der Waals surface area contributed by atoms with E-state index < -0.39 is 10.0 Å². The van der Waals surface area contributed by atoms with Crippen LogP contribution in [0.15, 0.2) is 53.5 Å². The highest BCUT2D eigenvalue weighted by Crippen LogP contribution is 2.17. The smallest absolute Gasteiger partial charge is 0.215 e. The van der Waals surface area contributed by atoms with Gasteiger partial charge in [-0.1, -0.05) is 24.3 Å². The molecule has 9 heteroatoms. The minimum absolute atomic E-state index is 0.0491.